The van der Waals surface area contributed by atoms with Crippen LogP contribution in [0.25, 0.3) is 0 Å². The van der Waals surface area contributed by atoms with Crippen LogP contribution in [0.3, 0.4) is 0 Å². The number of aromatic nitrogens is 2. The quantitative estimate of drug-likeness (QED) is 0.897. The third-order valence-corrected chi connectivity index (χ3v) is 3.72. The summed E-state index contributed by atoms with van der Waals surface area (Å²) in [7, 11) is 1.48. The number of methoxy groups -OCH3 is 1. The van der Waals surface area contributed by atoms with Crippen molar-refractivity contribution in [3.63, 3.8) is 0 Å². The highest BCUT2D eigenvalue weighted by atomic mass is 16.5. The molecule has 1 aromatic heterocycles. The molecule has 1 saturated heterocycles. The molecule has 2 heterocycles. The van der Waals surface area contributed by atoms with Crippen molar-refractivity contribution in [3.8, 4) is 6.01 Å². The van der Waals surface area contributed by atoms with Crippen LogP contribution in [0.4, 0.5) is 0 Å². The fourth-order valence-corrected chi connectivity index (χ4v) is 2.51. The molecule has 0 saturated carbocycles. The number of likely N-dealkylation sites (tertiary alicyclic amines) is 1. The third-order valence-electron chi connectivity index (χ3n) is 3.72. The van der Waals surface area contributed by atoms with Gasteiger partial charge in [-0.3, -0.25) is 4.79 Å². The van der Waals surface area contributed by atoms with Crippen LogP contribution in [0.5, 0.6) is 6.01 Å². The van der Waals surface area contributed by atoms with Gasteiger partial charge in [-0.1, -0.05) is 13.8 Å². The van der Waals surface area contributed by atoms with E-state index in [1.807, 2.05) is 0 Å². The molecule has 1 aromatic rings. The van der Waals surface area contributed by atoms with Gasteiger partial charge in [0, 0.05) is 18.9 Å². The molecule has 6 heteroatoms. The van der Waals surface area contributed by atoms with Crippen molar-refractivity contribution >= 4 is 5.91 Å². The number of aliphatic hydroxyl groups is 1. The first-order valence-electron chi connectivity index (χ1n) is 6.75. The van der Waals surface area contributed by atoms with Crippen molar-refractivity contribution < 1.29 is 14.6 Å². The summed E-state index contributed by atoms with van der Waals surface area (Å²) < 4.78 is 4.88. The molecule has 1 aliphatic rings. The number of aliphatic hydroxyl groups excluding tert-OH is 1. The molecule has 1 atom stereocenters. The summed E-state index contributed by atoms with van der Waals surface area (Å²) in [6.07, 6.45) is 4.74. The van der Waals surface area contributed by atoms with E-state index in [4.69, 9.17) is 4.74 Å². The van der Waals surface area contributed by atoms with Crippen LogP contribution < -0.4 is 4.74 Å². The number of carbonyl (C=O) groups excluding carboxylic acids is 1. The summed E-state index contributed by atoms with van der Waals surface area (Å²) in [5, 5.41) is 9.46. The Balaban J connectivity index is 2.19. The van der Waals surface area contributed by atoms with Gasteiger partial charge in [0.15, 0.2) is 0 Å². The summed E-state index contributed by atoms with van der Waals surface area (Å²) >= 11 is 0. The van der Waals surface area contributed by atoms with Gasteiger partial charge in [-0.25, -0.2) is 9.97 Å². The molecule has 1 aliphatic heterocycles. The molecule has 2 rings (SSSR count). The Morgan fingerprint density at radius 3 is 2.70 bits per heavy atom. The van der Waals surface area contributed by atoms with Crippen molar-refractivity contribution in [2.24, 2.45) is 5.41 Å². The molecule has 1 fully saturated rings. The smallest absolute Gasteiger partial charge is 0.316 e. The maximum absolute atomic E-state index is 12.6. The molecule has 1 amide bonds. The maximum Gasteiger partial charge on any atom is 0.316 e. The SMILES string of the molecule is COc1ncc(C(=O)N2CC(C)(C)CCC2CO)cn1. The minimum atomic E-state index is -0.139. The number of nitrogens with zero attached hydrogens (tertiary/aromatic N) is 3. The summed E-state index contributed by atoms with van der Waals surface area (Å²) in [5.41, 5.74) is 0.483. The fourth-order valence-electron chi connectivity index (χ4n) is 2.51. The molecule has 0 aromatic carbocycles. The molecule has 110 valence electrons. The van der Waals surface area contributed by atoms with Gasteiger partial charge in [-0.05, 0) is 18.3 Å². The van der Waals surface area contributed by atoms with E-state index < -0.39 is 0 Å². The standard InChI is InChI=1S/C14H21N3O3/c1-14(2)5-4-11(8-18)17(9-14)12(19)10-6-15-13(20-3)16-7-10/h6-7,11,18H,4-5,8-9H2,1-3H3. The van der Waals surface area contributed by atoms with E-state index in [2.05, 4.69) is 23.8 Å². The molecule has 1 N–H and O–H groups in total. The largest absolute Gasteiger partial charge is 0.467 e. The summed E-state index contributed by atoms with van der Waals surface area (Å²) in [5.74, 6) is -0.139. The lowest BCUT2D eigenvalue weighted by Gasteiger charge is -2.43. The number of amides is 1. The predicted molar refractivity (Wildman–Crippen MR) is 73.5 cm³/mol. The maximum atomic E-state index is 12.6. The molecular formula is C14H21N3O3. The Kier molecular flexibility index (Phi) is 4.23. The van der Waals surface area contributed by atoms with Gasteiger partial charge < -0.3 is 14.7 Å². The number of hydrogen-bond acceptors (Lipinski definition) is 5. The summed E-state index contributed by atoms with van der Waals surface area (Å²) in [6.45, 7) is 4.87. The Morgan fingerprint density at radius 1 is 1.50 bits per heavy atom. The van der Waals surface area contributed by atoms with Crippen LogP contribution in [0, 0.1) is 5.41 Å². The van der Waals surface area contributed by atoms with Gasteiger partial charge in [-0.15, -0.1) is 0 Å². The minimum absolute atomic E-state index is 0.0150. The summed E-state index contributed by atoms with van der Waals surface area (Å²) in [6, 6.07) is 0.108. The van der Waals surface area contributed by atoms with Gasteiger partial charge in [0.05, 0.1) is 25.3 Å². The van der Waals surface area contributed by atoms with E-state index in [1.165, 1.54) is 19.5 Å². The number of ether oxygens (including phenoxy) is 1. The van der Waals surface area contributed by atoms with Crippen LogP contribution >= 0.6 is 0 Å². The highest BCUT2D eigenvalue weighted by Gasteiger charge is 2.35. The van der Waals surface area contributed by atoms with Crippen LogP contribution in [-0.2, 0) is 0 Å². The monoisotopic (exact) mass is 279 g/mol. The van der Waals surface area contributed by atoms with Crippen molar-refractivity contribution in [1.29, 1.82) is 0 Å². The second-order valence-corrected chi connectivity index (χ2v) is 5.93. The molecule has 0 bridgehead atoms. The molecule has 6 nitrogen and oxygen atoms in total. The van der Waals surface area contributed by atoms with Gasteiger partial charge in [-0.2, -0.15) is 0 Å². The number of carbonyl (C=O) groups is 1. The Labute approximate surface area is 118 Å². The van der Waals surface area contributed by atoms with E-state index in [1.54, 1.807) is 4.90 Å². The van der Waals surface area contributed by atoms with E-state index in [0.717, 1.165) is 12.8 Å². The van der Waals surface area contributed by atoms with Crippen molar-refractivity contribution in [2.75, 3.05) is 20.3 Å². The lowest BCUT2D eigenvalue weighted by atomic mass is 9.81. The molecule has 1 unspecified atom stereocenters. The lowest BCUT2D eigenvalue weighted by Crippen LogP contribution is -2.51. The average Bonchev–Trinajstić information content (AvgIpc) is 2.46. The van der Waals surface area contributed by atoms with E-state index in [-0.39, 0.29) is 30.0 Å². The van der Waals surface area contributed by atoms with Crippen LogP contribution in [-0.4, -0.2) is 52.2 Å². The first kappa shape index (κ1) is 14.7. The molecule has 0 aliphatic carbocycles. The second-order valence-electron chi connectivity index (χ2n) is 5.93. The Hall–Kier alpha value is -1.69. The lowest BCUT2D eigenvalue weighted by molar-refractivity contribution is 0.0246. The van der Waals surface area contributed by atoms with Crippen LogP contribution in [0.2, 0.25) is 0 Å². The van der Waals surface area contributed by atoms with Crippen molar-refractivity contribution in [1.82, 2.24) is 14.9 Å². The zero-order valence-electron chi connectivity index (χ0n) is 12.2. The average molecular weight is 279 g/mol. The zero-order chi connectivity index (χ0) is 14.8. The second kappa shape index (κ2) is 5.75. The van der Waals surface area contributed by atoms with Crippen molar-refractivity contribution in [3.05, 3.63) is 18.0 Å². The van der Waals surface area contributed by atoms with Gasteiger partial charge >= 0.3 is 6.01 Å². The number of piperidine rings is 1. The van der Waals surface area contributed by atoms with Crippen molar-refractivity contribution in [2.45, 2.75) is 32.7 Å². The zero-order valence-corrected chi connectivity index (χ0v) is 12.2. The number of hydrogen-bond donors (Lipinski definition) is 1. The highest BCUT2D eigenvalue weighted by molar-refractivity contribution is 5.94. The minimum Gasteiger partial charge on any atom is -0.467 e. The van der Waals surface area contributed by atoms with Gasteiger partial charge in [0.25, 0.3) is 5.91 Å². The normalized spacial score (nSPS) is 21.6. The third kappa shape index (κ3) is 3.07. The van der Waals surface area contributed by atoms with Crippen LogP contribution in [0.1, 0.15) is 37.0 Å². The molecule has 0 radical (unpaired) electrons. The highest BCUT2D eigenvalue weighted by Crippen LogP contribution is 2.32. The van der Waals surface area contributed by atoms with E-state index in [9.17, 15) is 9.90 Å². The van der Waals surface area contributed by atoms with E-state index >= 15 is 0 Å². The molecule has 20 heavy (non-hydrogen) atoms. The Morgan fingerprint density at radius 2 is 2.15 bits per heavy atom. The number of rotatable bonds is 3. The van der Waals surface area contributed by atoms with Gasteiger partial charge in [0.2, 0.25) is 0 Å². The first-order valence-corrected chi connectivity index (χ1v) is 6.75. The summed E-state index contributed by atoms with van der Waals surface area (Å²) in [4.78, 5) is 22.2. The Bertz CT molecular complexity index is 473. The van der Waals surface area contributed by atoms with E-state index in [0.29, 0.717) is 12.1 Å². The van der Waals surface area contributed by atoms with Crippen LogP contribution in [0.15, 0.2) is 12.4 Å². The fraction of sp³-hybridized carbons (Fsp3) is 0.643. The molecular weight excluding hydrogens is 258 g/mol. The van der Waals surface area contributed by atoms with Gasteiger partial charge in [0.1, 0.15) is 0 Å². The molecule has 0 spiro atoms. The topological polar surface area (TPSA) is 75.5 Å². The first-order chi connectivity index (χ1) is 9.46. The predicted octanol–water partition coefficient (Wildman–Crippen LogP) is 1.11.